The summed E-state index contributed by atoms with van der Waals surface area (Å²) in [4.78, 5) is 24.9. The van der Waals surface area contributed by atoms with E-state index in [1.807, 2.05) is 66.7 Å². The SMILES string of the molecule is O=C(CCCNC(=O)c1ccc2ccccc2c1)c1ccc(OC2CCC(CO)CC2)cc1. The Morgan fingerprint density at radius 2 is 1.58 bits per heavy atom. The molecular formula is C28H31NO4. The second-order valence-electron chi connectivity index (χ2n) is 8.81. The highest BCUT2D eigenvalue weighted by atomic mass is 16.5. The standard InChI is InChI=1S/C28H31NO4/c30-19-20-7-13-25(14-8-20)33-26-15-11-22(12-16-26)27(31)6-3-17-29-28(32)24-10-9-21-4-1-2-5-23(21)18-24/h1-2,4-5,9-12,15-16,18,20,25,30H,3,6-8,13-14,17,19H2,(H,29,32). The van der Waals surface area contributed by atoms with Crippen molar-refractivity contribution in [3.63, 3.8) is 0 Å². The Labute approximate surface area is 194 Å². The van der Waals surface area contributed by atoms with E-state index in [1.165, 1.54) is 0 Å². The normalized spacial score (nSPS) is 18.1. The molecule has 172 valence electrons. The van der Waals surface area contributed by atoms with Crippen LogP contribution in [0, 0.1) is 5.92 Å². The Kier molecular flexibility index (Phi) is 7.74. The van der Waals surface area contributed by atoms with Crippen LogP contribution in [-0.2, 0) is 0 Å². The van der Waals surface area contributed by atoms with E-state index in [0.717, 1.165) is 42.2 Å². The Bertz CT molecular complexity index is 1080. The lowest BCUT2D eigenvalue weighted by Crippen LogP contribution is -2.25. The van der Waals surface area contributed by atoms with E-state index in [0.29, 0.717) is 36.4 Å². The van der Waals surface area contributed by atoms with Crippen molar-refractivity contribution < 1.29 is 19.4 Å². The number of aliphatic hydroxyl groups is 1. The molecule has 0 bridgehead atoms. The van der Waals surface area contributed by atoms with Crippen LogP contribution >= 0.6 is 0 Å². The summed E-state index contributed by atoms with van der Waals surface area (Å²) in [5.74, 6) is 1.12. The molecule has 2 N–H and O–H groups in total. The molecule has 5 nitrogen and oxygen atoms in total. The van der Waals surface area contributed by atoms with Crippen LogP contribution in [-0.4, -0.2) is 36.1 Å². The Hall–Kier alpha value is -3.18. The van der Waals surface area contributed by atoms with Gasteiger partial charge in [0.25, 0.3) is 5.91 Å². The maximum absolute atomic E-state index is 12.5. The molecule has 0 saturated heterocycles. The van der Waals surface area contributed by atoms with Crippen molar-refractivity contribution in [1.29, 1.82) is 0 Å². The monoisotopic (exact) mass is 445 g/mol. The number of nitrogens with one attached hydrogen (secondary N) is 1. The number of carbonyl (C=O) groups is 2. The molecule has 0 aliphatic heterocycles. The summed E-state index contributed by atoms with van der Waals surface area (Å²) in [6.07, 6.45) is 5.05. The van der Waals surface area contributed by atoms with Crippen LogP contribution < -0.4 is 10.1 Å². The average Bonchev–Trinajstić information content (AvgIpc) is 2.87. The molecule has 0 unspecified atom stereocenters. The maximum atomic E-state index is 12.5. The lowest BCUT2D eigenvalue weighted by Gasteiger charge is -2.27. The smallest absolute Gasteiger partial charge is 0.251 e. The van der Waals surface area contributed by atoms with Gasteiger partial charge < -0.3 is 15.2 Å². The number of amides is 1. The van der Waals surface area contributed by atoms with Crippen molar-refractivity contribution in [2.24, 2.45) is 5.92 Å². The van der Waals surface area contributed by atoms with Gasteiger partial charge in [-0.05, 0) is 85.2 Å². The molecule has 1 saturated carbocycles. The van der Waals surface area contributed by atoms with Crippen LogP contribution in [0.2, 0.25) is 0 Å². The highest BCUT2D eigenvalue weighted by Crippen LogP contribution is 2.27. The number of hydrogen-bond donors (Lipinski definition) is 2. The summed E-state index contributed by atoms with van der Waals surface area (Å²) in [7, 11) is 0. The molecule has 0 atom stereocenters. The zero-order chi connectivity index (χ0) is 23.0. The minimum absolute atomic E-state index is 0.0601. The summed E-state index contributed by atoms with van der Waals surface area (Å²) in [5, 5.41) is 14.3. The Morgan fingerprint density at radius 1 is 0.879 bits per heavy atom. The fourth-order valence-corrected chi connectivity index (χ4v) is 4.37. The molecule has 0 aromatic heterocycles. The van der Waals surface area contributed by atoms with Gasteiger partial charge in [0.2, 0.25) is 0 Å². The molecule has 0 heterocycles. The first-order chi connectivity index (χ1) is 16.1. The quantitative estimate of drug-likeness (QED) is 0.352. The van der Waals surface area contributed by atoms with Crippen molar-refractivity contribution in [3.8, 4) is 5.75 Å². The second kappa shape index (κ2) is 11.1. The molecule has 0 radical (unpaired) electrons. The van der Waals surface area contributed by atoms with Crippen LogP contribution in [0.3, 0.4) is 0 Å². The fourth-order valence-electron chi connectivity index (χ4n) is 4.37. The molecule has 3 aromatic rings. The number of benzene rings is 3. The average molecular weight is 446 g/mol. The minimum atomic E-state index is -0.122. The van der Waals surface area contributed by atoms with Crippen LogP contribution in [0.5, 0.6) is 5.75 Å². The van der Waals surface area contributed by atoms with Gasteiger partial charge in [-0.3, -0.25) is 9.59 Å². The molecule has 1 amide bonds. The predicted molar refractivity (Wildman–Crippen MR) is 130 cm³/mol. The zero-order valence-electron chi connectivity index (χ0n) is 18.8. The third-order valence-corrected chi connectivity index (χ3v) is 6.41. The summed E-state index contributed by atoms with van der Waals surface area (Å²) in [6, 6.07) is 20.9. The van der Waals surface area contributed by atoms with Gasteiger partial charge in [0.1, 0.15) is 5.75 Å². The molecule has 0 spiro atoms. The summed E-state index contributed by atoms with van der Waals surface area (Å²) >= 11 is 0. The molecule has 1 aliphatic carbocycles. The van der Waals surface area contributed by atoms with E-state index in [2.05, 4.69) is 5.32 Å². The van der Waals surface area contributed by atoms with E-state index in [9.17, 15) is 14.7 Å². The highest BCUT2D eigenvalue weighted by Gasteiger charge is 2.21. The Balaban J connectivity index is 1.19. The van der Waals surface area contributed by atoms with Gasteiger partial charge in [0.05, 0.1) is 6.10 Å². The largest absolute Gasteiger partial charge is 0.490 e. The number of rotatable bonds is 9. The number of ketones is 1. The van der Waals surface area contributed by atoms with Crippen molar-refractivity contribution in [3.05, 3.63) is 77.9 Å². The number of ether oxygens (including phenoxy) is 1. The lowest BCUT2D eigenvalue weighted by atomic mass is 9.88. The first-order valence-electron chi connectivity index (χ1n) is 11.8. The Morgan fingerprint density at radius 3 is 2.30 bits per heavy atom. The van der Waals surface area contributed by atoms with Crippen molar-refractivity contribution in [2.75, 3.05) is 13.2 Å². The fraction of sp³-hybridized carbons (Fsp3) is 0.357. The molecule has 33 heavy (non-hydrogen) atoms. The van der Waals surface area contributed by atoms with Gasteiger partial charge in [-0.1, -0.05) is 30.3 Å². The first-order valence-corrected chi connectivity index (χ1v) is 11.8. The van der Waals surface area contributed by atoms with Gasteiger partial charge in [-0.25, -0.2) is 0 Å². The number of hydrogen-bond acceptors (Lipinski definition) is 4. The van der Waals surface area contributed by atoms with Gasteiger partial charge in [0.15, 0.2) is 5.78 Å². The first kappa shape index (κ1) is 23.0. The van der Waals surface area contributed by atoms with E-state index < -0.39 is 0 Å². The maximum Gasteiger partial charge on any atom is 0.251 e. The van der Waals surface area contributed by atoms with E-state index in [1.54, 1.807) is 0 Å². The molecule has 1 fully saturated rings. The summed E-state index contributed by atoms with van der Waals surface area (Å²) in [5.41, 5.74) is 1.28. The van der Waals surface area contributed by atoms with E-state index in [4.69, 9.17) is 4.74 Å². The van der Waals surface area contributed by atoms with E-state index in [-0.39, 0.29) is 24.4 Å². The van der Waals surface area contributed by atoms with Crippen molar-refractivity contribution >= 4 is 22.5 Å². The third-order valence-electron chi connectivity index (χ3n) is 6.41. The number of Topliss-reactive ketones (excluding diaryl/α,β-unsaturated/α-hetero) is 1. The zero-order valence-corrected chi connectivity index (χ0v) is 18.8. The molecular weight excluding hydrogens is 414 g/mol. The van der Waals surface area contributed by atoms with E-state index >= 15 is 0 Å². The van der Waals surface area contributed by atoms with Crippen LogP contribution in [0.15, 0.2) is 66.7 Å². The van der Waals surface area contributed by atoms with Crippen molar-refractivity contribution in [2.45, 2.75) is 44.6 Å². The topological polar surface area (TPSA) is 75.6 Å². The van der Waals surface area contributed by atoms with Gasteiger partial charge in [-0.15, -0.1) is 0 Å². The minimum Gasteiger partial charge on any atom is -0.490 e. The van der Waals surface area contributed by atoms with Crippen LogP contribution in [0.4, 0.5) is 0 Å². The summed E-state index contributed by atoms with van der Waals surface area (Å²) < 4.78 is 6.04. The van der Waals surface area contributed by atoms with Gasteiger partial charge >= 0.3 is 0 Å². The molecule has 3 aromatic carbocycles. The van der Waals surface area contributed by atoms with Crippen LogP contribution in [0.25, 0.3) is 10.8 Å². The highest BCUT2D eigenvalue weighted by molar-refractivity contribution is 5.98. The lowest BCUT2D eigenvalue weighted by molar-refractivity contribution is 0.0937. The second-order valence-corrected chi connectivity index (χ2v) is 8.81. The molecule has 1 aliphatic rings. The molecule has 4 rings (SSSR count). The van der Waals surface area contributed by atoms with Crippen LogP contribution in [0.1, 0.15) is 59.2 Å². The number of fused-ring (bicyclic) bond motifs is 1. The number of aliphatic hydroxyl groups excluding tert-OH is 1. The van der Waals surface area contributed by atoms with Crippen molar-refractivity contribution in [1.82, 2.24) is 5.32 Å². The number of carbonyl (C=O) groups excluding carboxylic acids is 2. The van der Waals surface area contributed by atoms with Gasteiger partial charge in [0, 0.05) is 30.7 Å². The van der Waals surface area contributed by atoms with Gasteiger partial charge in [-0.2, -0.15) is 0 Å². The third kappa shape index (κ3) is 6.20. The predicted octanol–water partition coefficient (Wildman–Crippen LogP) is 5.16. The molecule has 5 heteroatoms. The summed E-state index contributed by atoms with van der Waals surface area (Å²) in [6.45, 7) is 0.714.